The lowest BCUT2D eigenvalue weighted by Crippen LogP contribution is -2.32. The highest BCUT2D eigenvalue weighted by Gasteiger charge is 2.17. The van der Waals surface area contributed by atoms with Gasteiger partial charge in [-0.2, -0.15) is 5.26 Å². The third-order valence-electron chi connectivity index (χ3n) is 3.37. The van der Waals surface area contributed by atoms with Gasteiger partial charge in [0.25, 0.3) is 5.91 Å². The van der Waals surface area contributed by atoms with Crippen molar-refractivity contribution in [1.29, 1.82) is 5.26 Å². The highest BCUT2D eigenvalue weighted by atomic mass is 79.9. The summed E-state index contributed by atoms with van der Waals surface area (Å²) in [6.07, 6.45) is 3.56. The molecule has 1 heterocycles. The number of halogens is 1. The van der Waals surface area contributed by atoms with Crippen LogP contribution in [0, 0.1) is 11.3 Å². The summed E-state index contributed by atoms with van der Waals surface area (Å²) in [6, 6.07) is 7.29. The molecule has 1 saturated heterocycles. The van der Waals surface area contributed by atoms with Crippen molar-refractivity contribution >= 4 is 27.9 Å². The van der Waals surface area contributed by atoms with Crippen molar-refractivity contribution < 1.29 is 14.3 Å². The van der Waals surface area contributed by atoms with E-state index in [1.54, 1.807) is 31.4 Å². The van der Waals surface area contributed by atoms with Crippen LogP contribution in [-0.4, -0.2) is 32.3 Å². The molecule has 1 aliphatic heterocycles. The molecule has 5 nitrogen and oxygen atoms in total. The monoisotopic (exact) mass is 364 g/mol. The lowest BCUT2D eigenvalue weighted by Gasteiger charge is -2.10. The zero-order chi connectivity index (χ0) is 15.9. The summed E-state index contributed by atoms with van der Waals surface area (Å²) in [4.78, 5) is 12.0. The van der Waals surface area contributed by atoms with Gasteiger partial charge in [-0.25, -0.2) is 0 Å². The maximum atomic E-state index is 12.0. The van der Waals surface area contributed by atoms with Crippen molar-refractivity contribution in [2.75, 3.05) is 20.3 Å². The van der Waals surface area contributed by atoms with E-state index >= 15 is 0 Å². The minimum Gasteiger partial charge on any atom is -0.496 e. The Balaban J connectivity index is 2.04. The first-order chi connectivity index (χ1) is 10.6. The van der Waals surface area contributed by atoms with Crippen molar-refractivity contribution in [2.45, 2.75) is 18.9 Å². The maximum absolute atomic E-state index is 12.0. The fourth-order valence-electron chi connectivity index (χ4n) is 2.19. The van der Waals surface area contributed by atoms with Crippen molar-refractivity contribution in [3.05, 3.63) is 33.8 Å². The van der Waals surface area contributed by atoms with E-state index < -0.39 is 0 Å². The molecule has 116 valence electrons. The molecule has 1 amide bonds. The van der Waals surface area contributed by atoms with Gasteiger partial charge in [-0.3, -0.25) is 4.79 Å². The third-order valence-corrected chi connectivity index (χ3v) is 3.99. The smallest absolute Gasteiger partial charge is 0.262 e. The fourth-order valence-corrected chi connectivity index (χ4v) is 2.75. The molecule has 0 radical (unpaired) electrons. The lowest BCUT2D eigenvalue weighted by atomic mass is 10.1. The number of rotatable bonds is 5. The molecule has 6 heteroatoms. The topological polar surface area (TPSA) is 71.3 Å². The van der Waals surface area contributed by atoms with Gasteiger partial charge in [0.1, 0.15) is 17.4 Å². The molecule has 0 bridgehead atoms. The molecule has 0 saturated carbocycles. The van der Waals surface area contributed by atoms with Crippen molar-refractivity contribution in [3.8, 4) is 11.8 Å². The van der Waals surface area contributed by atoms with Gasteiger partial charge >= 0.3 is 0 Å². The predicted molar refractivity (Wildman–Crippen MR) is 86.3 cm³/mol. The molecule has 1 aromatic rings. The van der Waals surface area contributed by atoms with Crippen LogP contribution in [0.5, 0.6) is 5.75 Å². The zero-order valence-corrected chi connectivity index (χ0v) is 13.9. The van der Waals surface area contributed by atoms with Gasteiger partial charge < -0.3 is 14.8 Å². The molecular weight excluding hydrogens is 348 g/mol. The van der Waals surface area contributed by atoms with Crippen LogP contribution in [0.15, 0.2) is 28.2 Å². The van der Waals surface area contributed by atoms with Gasteiger partial charge in [0.15, 0.2) is 0 Å². The van der Waals surface area contributed by atoms with Gasteiger partial charge in [-0.15, -0.1) is 0 Å². The highest BCUT2D eigenvalue weighted by molar-refractivity contribution is 9.10. The Bertz CT molecular complexity index is 616. The van der Waals surface area contributed by atoms with E-state index in [4.69, 9.17) is 9.47 Å². The summed E-state index contributed by atoms with van der Waals surface area (Å²) in [7, 11) is 1.58. The highest BCUT2D eigenvalue weighted by Crippen LogP contribution is 2.26. The Morgan fingerprint density at radius 2 is 2.45 bits per heavy atom. The lowest BCUT2D eigenvalue weighted by molar-refractivity contribution is -0.117. The number of hydrogen-bond acceptors (Lipinski definition) is 4. The molecule has 1 unspecified atom stereocenters. The Labute approximate surface area is 138 Å². The number of ether oxygens (including phenoxy) is 2. The predicted octanol–water partition coefficient (Wildman–Crippen LogP) is 2.66. The summed E-state index contributed by atoms with van der Waals surface area (Å²) in [5.74, 6) is 0.309. The summed E-state index contributed by atoms with van der Waals surface area (Å²) in [5, 5.41) is 11.9. The molecule has 1 fully saturated rings. The number of nitrogens with zero attached hydrogens (tertiary/aromatic N) is 1. The average Bonchev–Trinajstić information content (AvgIpc) is 3.04. The van der Waals surface area contributed by atoms with E-state index in [-0.39, 0.29) is 17.6 Å². The van der Waals surface area contributed by atoms with E-state index in [1.165, 1.54) is 0 Å². The van der Waals surface area contributed by atoms with Crippen LogP contribution in [-0.2, 0) is 9.53 Å². The number of carbonyl (C=O) groups excluding carboxylic acids is 1. The minimum absolute atomic E-state index is 0.0547. The first kappa shape index (κ1) is 16.5. The normalized spacial score (nSPS) is 17.9. The minimum atomic E-state index is -0.384. The third kappa shape index (κ3) is 4.33. The van der Waals surface area contributed by atoms with Gasteiger partial charge in [0, 0.05) is 13.2 Å². The molecule has 22 heavy (non-hydrogen) atoms. The number of benzene rings is 1. The van der Waals surface area contributed by atoms with Crippen molar-refractivity contribution in [1.82, 2.24) is 5.32 Å². The van der Waals surface area contributed by atoms with Crippen LogP contribution in [0.2, 0.25) is 0 Å². The van der Waals surface area contributed by atoms with E-state index in [1.807, 2.05) is 6.07 Å². The number of carbonyl (C=O) groups is 1. The zero-order valence-electron chi connectivity index (χ0n) is 12.3. The Hall–Kier alpha value is -1.84. The second-order valence-electron chi connectivity index (χ2n) is 4.91. The van der Waals surface area contributed by atoms with E-state index in [0.29, 0.717) is 12.3 Å². The van der Waals surface area contributed by atoms with Crippen molar-refractivity contribution in [3.63, 3.8) is 0 Å². The maximum Gasteiger partial charge on any atom is 0.262 e. The van der Waals surface area contributed by atoms with Crippen LogP contribution in [0.1, 0.15) is 18.4 Å². The molecule has 0 spiro atoms. The number of hydrogen-bond donors (Lipinski definition) is 1. The van der Waals surface area contributed by atoms with Gasteiger partial charge in [0.2, 0.25) is 0 Å². The molecule has 0 aromatic heterocycles. The Kier molecular flexibility index (Phi) is 5.99. The second-order valence-corrected chi connectivity index (χ2v) is 5.76. The summed E-state index contributed by atoms with van der Waals surface area (Å²) < 4.78 is 11.4. The van der Waals surface area contributed by atoms with Crippen molar-refractivity contribution in [2.24, 2.45) is 0 Å². The van der Waals surface area contributed by atoms with Crippen LogP contribution in [0.25, 0.3) is 6.08 Å². The Morgan fingerprint density at radius 1 is 1.64 bits per heavy atom. The molecule has 1 aromatic carbocycles. The average molecular weight is 365 g/mol. The number of methoxy groups -OCH3 is 1. The molecule has 1 aliphatic rings. The van der Waals surface area contributed by atoms with E-state index in [2.05, 4.69) is 21.2 Å². The SMILES string of the molecule is COc1ccc(/C=C(\C#N)C(=O)NCC2CCCO2)cc1Br. The molecule has 2 rings (SSSR count). The van der Waals surface area contributed by atoms with Crippen LogP contribution >= 0.6 is 15.9 Å². The van der Waals surface area contributed by atoms with E-state index in [0.717, 1.165) is 29.5 Å². The van der Waals surface area contributed by atoms with Crippen LogP contribution < -0.4 is 10.1 Å². The largest absolute Gasteiger partial charge is 0.496 e. The first-order valence-electron chi connectivity index (χ1n) is 6.99. The standard InChI is InChI=1S/C16H17BrN2O3/c1-21-15-5-4-11(8-14(15)17)7-12(9-18)16(20)19-10-13-3-2-6-22-13/h4-5,7-8,13H,2-3,6,10H2,1H3,(H,19,20)/b12-7+. The number of nitrogens with one attached hydrogen (secondary N) is 1. The molecule has 1 atom stereocenters. The van der Waals surface area contributed by atoms with Crippen LogP contribution in [0.4, 0.5) is 0 Å². The van der Waals surface area contributed by atoms with Gasteiger partial charge in [0.05, 0.1) is 17.7 Å². The van der Waals surface area contributed by atoms with E-state index in [9.17, 15) is 10.1 Å². The summed E-state index contributed by atoms with van der Waals surface area (Å²) in [5.41, 5.74) is 0.812. The molecule has 0 aliphatic carbocycles. The van der Waals surface area contributed by atoms with Gasteiger partial charge in [-0.05, 0) is 52.5 Å². The van der Waals surface area contributed by atoms with Gasteiger partial charge in [-0.1, -0.05) is 6.07 Å². The van der Waals surface area contributed by atoms with Crippen LogP contribution in [0.3, 0.4) is 0 Å². The summed E-state index contributed by atoms with van der Waals surface area (Å²) in [6.45, 7) is 1.17. The summed E-state index contributed by atoms with van der Waals surface area (Å²) >= 11 is 3.38. The molecular formula is C16H17BrN2O3. The fraction of sp³-hybridized carbons (Fsp3) is 0.375. The second kappa shape index (κ2) is 7.97. The molecule has 1 N–H and O–H groups in total. The number of nitriles is 1. The quantitative estimate of drug-likeness (QED) is 0.643. The Morgan fingerprint density at radius 3 is 3.05 bits per heavy atom. The number of amides is 1. The first-order valence-corrected chi connectivity index (χ1v) is 7.78.